The fraction of sp³-hybridized carbons (Fsp3) is 0.281. The van der Waals surface area contributed by atoms with E-state index in [0.29, 0.717) is 5.69 Å². The topological polar surface area (TPSA) is 94.5 Å². The fourth-order valence-electron chi connectivity index (χ4n) is 4.77. The largest absolute Gasteiger partial charge is 0.444 e. The Balaban J connectivity index is 1.77. The zero-order valence-electron chi connectivity index (χ0n) is 23.3. The minimum atomic E-state index is -0.923. The van der Waals surface area contributed by atoms with E-state index in [1.807, 2.05) is 60.8 Å². The van der Waals surface area contributed by atoms with Gasteiger partial charge in [-0.05, 0) is 37.5 Å². The zero-order valence-corrected chi connectivity index (χ0v) is 23.3. The van der Waals surface area contributed by atoms with E-state index < -0.39 is 29.2 Å². The summed E-state index contributed by atoms with van der Waals surface area (Å²) in [4.78, 5) is 30.3. The number of carbonyl (C=O) groups excluding carboxylic acids is 2. The molecule has 2 N–H and O–H groups in total. The van der Waals surface area contributed by atoms with Crippen LogP contribution in [0, 0.1) is 0 Å². The van der Waals surface area contributed by atoms with Crippen molar-refractivity contribution in [3.8, 4) is 0 Å². The standard InChI is InChI=1S/C32H36N4O4/c1-31(2,3)40-30(38)35-28(29(37)34-23-39-4)20-27-21-36(22-33-27)32(24-14-8-5-9-15-24,25-16-10-6-11-17-25)26-18-12-7-13-19-26/h5-19,21-22,28H,20,23H2,1-4H3,(H,34,37)(H,35,38). The van der Waals surface area contributed by atoms with Crippen molar-refractivity contribution in [3.05, 3.63) is 126 Å². The van der Waals surface area contributed by atoms with Crippen molar-refractivity contribution in [1.29, 1.82) is 0 Å². The molecule has 0 aliphatic heterocycles. The van der Waals surface area contributed by atoms with Gasteiger partial charge in [0.2, 0.25) is 5.91 Å². The summed E-state index contributed by atoms with van der Waals surface area (Å²) in [5.41, 5.74) is 2.34. The molecule has 0 aliphatic carbocycles. The molecule has 0 bridgehead atoms. The second kappa shape index (κ2) is 12.6. The second-order valence-electron chi connectivity index (χ2n) is 10.5. The molecule has 0 spiro atoms. The Labute approximate surface area is 235 Å². The van der Waals surface area contributed by atoms with Gasteiger partial charge in [-0.25, -0.2) is 9.78 Å². The number of methoxy groups -OCH3 is 1. The van der Waals surface area contributed by atoms with E-state index in [4.69, 9.17) is 14.5 Å². The summed E-state index contributed by atoms with van der Waals surface area (Å²) in [5.74, 6) is -0.400. The highest BCUT2D eigenvalue weighted by Crippen LogP contribution is 2.40. The molecular weight excluding hydrogens is 504 g/mol. The quantitative estimate of drug-likeness (QED) is 0.221. The summed E-state index contributed by atoms with van der Waals surface area (Å²) in [6, 6.07) is 29.8. The van der Waals surface area contributed by atoms with Crippen LogP contribution in [0.4, 0.5) is 4.79 Å². The minimum absolute atomic E-state index is 0.0128. The number of alkyl carbamates (subject to hydrolysis) is 1. The number of nitrogens with one attached hydrogen (secondary N) is 2. The van der Waals surface area contributed by atoms with E-state index >= 15 is 0 Å². The second-order valence-corrected chi connectivity index (χ2v) is 10.5. The van der Waals surface area contributed by atoms with Crippen molar-refractivity contribution < 1.29 is 19.1 Å². The number of amides is 2. The van der Waals surface area contributed by atoms with Crippen LogP contribution in [0.3, 0.4) is 0 Å². The molecule has 3 aromatic carbocycles. The first-order valence-electron chi connectivity index (χ1n) is 13.2. The zero-order chi connectivity index (χ0) is 28.6. The van der Waals surface area contributed by atoms with Gasteiger partial charge in [0.15, 0.2) is 0 Å². The summed E-state index contributed by atoms with van der Waals surface area (Å²) in [5, 5.41) is 5.37. The third-order valence-electron chi connectivity index (χ3n) is 6.41. The Morgan fingerprint density at radius 1 is 0.850 bits per heavy atom. The number of aromatic nitrogens is 2. The van der Waals surface area contributed by atoms with Gasteiger partial charge in [0.25, 0.3) is 0 Å². The molecule has 4 rings (SSSR count). The molecule has 0 saturated carbocycles. The average Bonchev–Trinajstić information content (AvgIpc) is 3.41. The Hall–Kier alpha value is -4.43. The van der Waals surface area contributed by atoms with Crippen molar-refractivity contribution in [3.63, 3.8) is 0 Å². The lowest BCUT2D eigenvalue weighted by atomic mass is 9.77. The fourth-order valence-corrected chi connectivity index (χ4v) is 4.77. The molecule has 4 aromatic rings. The van der Waals surface area contributed by atoms with Crippen LogP contribution in [0.25, 0.3) is 0 Å². The van der Waals surface area contributed by atoms with E-state index in [0.717, 1.165) is 16.7 Å². The molecule has 8 nitrogen and oxygen atoms in total. The highest BCUT2D eigenvalue weighted by Gasteiger charge is 2.38. The lowest BCUT2D eigenvalue weighted by Gasteiger charge is -2.37. The molecule has 1 atom stereocenters. The number of ether oxygens (including phenoxy) is 2. The van der Waals surface area contributed by atoms with Gasteiger partial charge < -0.3 is 24.7 Å². The van der Waals surface area contributed by atoms with E-state index in [-0.39, 0.29) is 13.2 Å². The van der Waals surface area contributed by atoms with E-state index in [1.165, 1.54) is 7.11 Å². The maximum atomic E-state index is 13.0. The van der Waals surface area contributed by atoms with Gasteiger partial charge in [-0.2, -0.15) is 0 Å². The van der Waals surface area contributed by atoms with Crippen molar-refractivity contribution >= 4 is 12.0 Å². The number of imidazole rings is 1. The van der Waals surface area contributed by atoms with Crippen LogP contribution < -0.4 is 10.6 Å². The number of rotatable bonds is 10. The van der Waals surface area contributed by atoms with Gasteiger partial charge in [-0.1, -0.05) is 91.0 Å². The first-order chi connectivity index (χ1) is 19.2. The molecular formula is C32H36N4O4. The lowest BCUT2D eigenvalue weighted by Crippen LogP contribution is -2.49. The third-order valence-corrected chi connectivity index (χ3v) is 6.41. The summed E-state index contributed by atoms with van der Waals surface area (Å²) in [7, 11) is 1.48. The third kappa shape index (κ3) is 6.58. The molecule has 0 fully saturated rings. The van der Waals surface area contributed by atoms with Gasteiger partial charge in [0, 0.05) is 19.7 Å². The highest BCUT2D eigenvalue weighted by molar-refractivity contribution is 5.85. The summed E-state index contributed by atoms with van der Waals surface area (Å²) >= 11 is 0. The van der Waals surface area contributed by atoms with Gasteiger partial charge >= 0.3 is 6.09 Å². The molecule has 2 amide bonds. The Morgan fingerprint density at radius 2 is 1.35 bits per heavy atom. The Kier molecular flexibility index (Phi) is 9.01. The van der Waals surface area contributed by atoms with Gasteiger partial charge in [-0.15, -0.1) is 0 Å². The number of hydrogen-bond donors (Lipinski definition) is 2. The van der Waals surface area contributed by atoms with Crippen LogP contribution >= 0.6 is 0 Å². The maximum Gasteiger partial charge on any atom is 0.408 e. The molecule has 0 saturated heterocycles. The van der Waals surface area contributed by atoms with Crippen LogP contribution in [-0.4, -0.2) is 47.0 Å². The molecule has 1 aromatic heterocycles. The molecule has 0 aliphatic rings. The number of carbonyl (C=O) groups is 2. The Bertz CT molecular complexity index is 1290. The van der Waals surface area contributed by atoms with Crippen molar-refractivity contribution in [2.75, 3.05) is 13.8 Å². The van der Waals surface area contributed by atoms with E-state index in [9.17, 15) is 9.59 Å². The Morgan fingerprint density at radius 3 is 1.80 bits per heavy atom. The van der Waals surface area contributed by atoms with Crippen molar-refractivity contribution in [2.45, 2.75) is 44.4 Å². The monoisotopic (exact) mass is 540 g/mol. The van der Waals surface area contributed by atoms with Crippen LogP contribution in [0.1, 0.15) is 43.2 Å². The normalized spacial score (nSPS) is 12.4. The summed E-state index contributed by atoms with van der Waals surface area (Å²) in [6.45, 7) is 5.32. The van der Waals surface area contributed by atoms with Crippen LogP contribution in [0.5, 0.6) is 0 Å². The van der Waals surface area contributed by atoms with Crippen molar-refractivity contribution in [1.82, 2.24) is 20.2 Å². The van der Waals surface area contributed by atoms with Gasteiger partial charge in [0.1, 0.15) is 23.9 Å². The molecule has 1 heterocycles. The van der Waals surface area contributed by atoms with E-state index in [2.05, 4.69) is 51.6 Å². The SMILES string of the molecule is COCNC(=O)C(Cc1cn(C(c2ccccc2)(c2ccccc2)c2ccccc2)cn1)NC(=O)OC(C)(C)C. The van der Waals surface area contributed by atoms with Crippen LogP contribution in [0.2, 0.25) is 0 Å². The molecule has 1 unspecified atom stereocenters. The minimum Gasteiger partial charge on any atom is -0.444 e. The summed E-state index contributed by atoms with van der Waals surface area (Å²) < 4.78 is 12.5. The van der Waals surface area contributed by atoms with Gasteiger partial charge in [-0.3, -0.25) is 4.79 Å². The molecule has 8 heteroatoms. The predicted octanol–water partition coefficient (Wildman–Crippen LogP) is 4.88. The van der Waals surface area contributed by atoms with Crippen LogP contribution in [0.15, 0.2) is 104 Å². The smallest absolute Gasteiger partial charge is 0.408 e. The average molecular weight is 541 g/mol. The molecule has 0 radical (unpaired) electrons. The predicted molar refractivity (Wildman–Crippen MR) is 154 cm³/mol. The maximum absolute atomic E-state index is 13.0. The summed E-state index contributed by atoms with van der Waals surface area (Å²) in [6.07, 6.45) is 3.17. The number of hydrogen-bond acceptors (Lipinski definition) is 5. The first kappa shape index (κ1) is 28.6. The lowest BCUT2D eigenvalue weighted by molar-refractivity contribution is -0.124. The highest BCUT2D eigenvalue weighted by atomic mass is 16.6. The van der Waals surface area contributed by atoms with E-state index in [1.54, 1.807) is 27.1 Å². The number of nitrogens with zero attached hydrogens (tertiary/aromatic N) is 2. The molecule has 40 heavy (non-hydrogen) atoms. The van der Waals surface area contributed by atoms with Gasteiger partial charge in [0.05, 0.1) is 12.0 Å². The number of benzene rings is 3. The van der Waals surface area contributed by atoms with Crippen LogP contribution in [-0.2, 0) is 26.2 Å². The molecule has 208 valence electrons. The van der Waals surface area contributed by atoms with Crippen molar-refractivity contribution in [2.24, 2.45) is 0 Å². The first-order valence-corrected chi connectivity index (χ1v) is 13.2.